The molecule has 0 spiro atoms. The average molecular weight is 583 g/mol. The first-order valence-corrected chi connectivity index (χ1v) is 14.3. The van der Waals surface area contributed by atoms with Crippen molar-refractivity contribution >= 4 is 54.7 Å². The number of pyridine rings is 1. The Balaban J connectivity index is 1.63. The van der Waals surface area contributed by atoms with Crippen LogP contribution >= 0.6 is 28.1 Å². The summed E-state index contributed by atoms with van der Waals surface area (Å²) in [6.07, 6.45) is 4.96. The second-order valence-electron chi connectivity index (χ2n) is 8.65. The smallest absolute Gasteiger partial charge is 0.229 e. The van der Waals surface area contributed by atoms with E-state index in [1.807, 2.05) is 61.7 Å². The second kappa shape index (κ2) is 9.68. The van der Waals surface area contributed by atoms with E-state index in [2.05, 4.69) is 58.6 Å². The van der Waals surface area contributed by atoms with Crippen LogP contribution < -0.4 is 14.9 Å². The van der Waals surface area contributed by atoms with Gasteiger partial charge in [-0.05, 0) is 91.4 Å². The number of hydrogen-bond donors (Lipinski definition) is 2. The Morgan fingerprint density at radius 3 is 2.44 bits per heavy atom. The molecule has 2 N–H and O–H groups in total. The standard InChI is InChI=1S/C26H24BrN5O2S2/c1-17-16-20(12-13-21(17)30-36(2,33)34)32-25(24(29-26(32)35)22-6-3-4-14-28-22)23-7-5-15-31(23)19-10-8-18(27)9-11-19/h3-16,24-25,30H,1-2H3,(H,29,35). The zero-order valence-electron chi connectivity index (χ0n) is 19.6. The van der Waals surface area contributed by atoms with E-state index in [0.29, 0.717) is 10.8 Å². The first-order chi connectivity index (χ1) is 17.2. The van der Waals surface area contributed by atoms with Gasteiger partial charge >= 0.3 is 0 Å². The van der Waals surface area contributed by atoms with Gasteiger partial charge in [-0.3, -0.25) is 9.71 Å². The van der Waals surface area contributed by atoms with Crippen molar-refractivity contribution in [1.29, 1.82) is 0 Å². The highest BCUT2D eigenvalue weighted by Crippen LogP contribution is 2.43. The summed E-state index contributed by atoms with van der Waals surface area (Å²) < 4.78 is 29.3. The topological polar surface area (TPSA) is 79.3 Å². The number of benzene rings is 2. The molecule has 0 amide bonds. The SMILES string of the molecule is Cc1cc(N2C(=S)NC(c3ccccn3)C2c2cccn2-c2ccc(Br)cc2)ccc1NS(C)(=O)=O. The number of aryl methyl sites for hydroxylation is 1. The van der Waals surface area contributed by atoms with Gasteiger partial charge in [-0.1, -0.05) is 22.0 Å². The molecule has 5 rings (SSSR count). The number of nitrogens with one attached hydrogen (secondary N) is 2. The molecule has 1 aliphatic rings. The summed E-state index contributed by atoms with van der Waals surface area (Å²) in [6.45, 7) is 1.87. The van der Waals surface area contributed by atoms with Gasteiger partial charge in [0.2, 0.25) is 10.0 Å². The lowest BCUT2D eigenvalue weighted by molar-refractivity contribution is 0.549. The van der Waals surface area contributed by atoms with Gasteiger partial charge in [0, 0.05) is 33.9 Å². The van der Waals surface area contributed by atoms with E-state index < -0.39 is 10.0 Å². The molecule has 10 heteroatoms. The van der Waals surface area contributed by atoms with Gasteiger partial charge in [0.15, 0.2) is 5.11 Å². The molecular weight excluding hydrogens is 558 g/mol. The van der Waals surface area contributed by atoms with Crippen LogP contribution in [0.25, 0.3) is 5.69 Å². The number of anilines is 2. The number of hydrogen-bond acceptors (Lipinski definition) is 4. The minimum atomic E-state index is -3.39. The van der Waals surface area contributed by atoms with Gasteiger partial charge in [0.05, 0.1) is 23.7 Å². The van der Waals surface area contributed by atoms with Crippen LogP contribution in [0.15, 0.2) is 89.7 Å². The molecule has 1 aliphatic heterocycles. The Kier molecular flexibility index (Phi) is 6.59. The van der Waals surface area contributed by atoms with E-state index >= 15 is 0 Å². The summed E-state index contributed by atoms with van der Waals surface area (Å²) >= 11 is 9.37. The predicted molar refractivity (Wildman–Crippen MR) is 151 cm³/mol. The molecule has 184 valence electrons. The molecule has 2 aromatic carbocycles. The highest BCUT2D eigenvalue weighted by Gasteiger charge is 2.42. The first kappa shape index (κ1) is 24.5. The van der Waals surface area contributed by atoms with Crippen LogP contribution in [-0.4, -0.2) is 29.3 Å². The maximum Gasteiger partial charge on any atom is 0.229 e. The lowest BCUT2D eigenvalue weighted by Gasteiger charge is -2.29. The highest BCUT2D eigenvalue weighted by atomic mass is 79.9. The molecule has 0 bridgehead atoms. The summed E-state index contributed by atoms with van der Waals surface area (Å²) in [5.74, 6) is 0. The number of aromatic nitrogens is 2. The summed E-state index contributed by atoms with van der Waals surface area (Å²) in [4.78, 5) is 6.71. The largest absolute Gasteiger partial charge is 0.351 e. The third-order valence-corrected chi connectivity index (χ3v) is 7.50. The number of nitrogens with zero attached hydrogens (tertiary/aromatic N) is 3. The maximum atomic E-state index is 11.8. The second-order valence-corrected chi connectivity index (χ2v) is 11.7. The number of halogens is 1. The molecule has 7 nitrogen and oxygen atoms in total. The van der Waals surface area contributed by atoms with Crippen molar-refractivity contribution in [2.75, 3.05) is 15.9 Å². The Labute approximate surface area is 224 Å². The van der Waals surface area contributed by atoms with E-state index in [-0.39, 0.29) is 12.1 Å². The highest BCUT2D eigenvalue weighted by molar-refractivity contribution is 9.10. The minimum Gasteiger partial charge on any atom is -0.351 e. The van der Waals surface area contributed by atoms with E-state index in [9.17, 15) is 8.42 Å². The lowest BCUT2D eigenvalue weighted by Crippen LogP contribution is -2.30. The van der Waals surface area contributed by atoms with Crippen LogP contribution in [0.5, 0.6) is 0 Å². The molecule has 36 heavy (non-hydrogen) atoms. The van der Waals surface area contributed by atoms with Crippen molar-refractivity contribution in [3.63, 3.8) is 0 Å². The third kappa shape index (κ3) is 4.88. The third-order valence-electron chi connectivity index (χ3n) is 6.07. The van der Waals surface area contributed by atoms with Crippen molar-refractivity contribution in [3.8, 4) is 5.69 Å². The van der Waals surface area contributed by atoms with Crippen LogP contribution in [0.4, 0.5) is 11.4 Å². The zero-order chi connectivity index (χ0) is 25.4. The van der Waals surface area contributed by atoms with E-state index in [1.54, 1.807) is 12.3 Å². The molecule has 4 aromatic rings. The number of thiocarbonyl (C=S) groups is 1. The molecule has 2 unspecified atom stereocenters. The molecule has 2 aromatic heterocycles. The summed E-state index contributed by atoms with van der Waals surface area (Å²) in [6, 6.07) is 23.3. The van der Waals surface area contributed by atoms with Gasteiger partial charge in [0.1, 0.15) is 6.04 Å². The van der Waals surface area contributed by atoms with E-state index in [0.717, 1.165) is 39.1 Å². The molecule has 0 aliphatic carbocycles. The molecule has 3 heterocycles. The normalized spacial score (nSPS) is 17.8. The zero-order valence-corrected chi connectivity index (χ0v) is 22.8. The molecule has 0 saturated carbocycles. The monoisotopic (exact) mass is 581 g/mol. The first-order valence-electron chi connectivity index (χ1n) is 11.2. The Morgan fingerprint density at radius 2 is 1.78 bits per heavy atom. The molecule has 1 fully saturated rings. The molecule has 2 atom stereocenters. The van der Waals surface area contributed by atoms with Gasteiger partial charge < -0.3 is 14.8 Å². The Hall–Kier alpha value is -3.21. The van der Waals surface area contributed by atoms with Crippen molar-refractivity contribution in [2.24, 2.45) is 0 Å². The number of rotatable bonds is 6. The van der Waals surface area contributed by atoms with E-state index in [4.69, 9.17) is 12.2 Å². The lowest BCUT2D eigenvalue weighted by atomic mass is 10.0. The maximum absolute atomic E-state index is 11.8. The fourth-order valence-corrected chi connectivity index (χ4v) is 5.76. The number of sulfonamides is 1. The summed E-state index contributed by atoms with van der Waals surface area (Å²) in [7, 11) is -3.39. The molecular formula is C26H24BrN5O2S2. The van der Waals surface area contributed by atoms with Gasteiger partial charge in [-0.25, -0.2) is 8.42 Å². The average Bonchev–Trinajstić information content (AvgIpc) is 3.45. The molecule has 0 radical (unpaired) electrons. The van der Waals surface area contributed by atoms with Crippen LogP contribution in [0.3, 0.4) is 0 Å². The minimum absolute atomic E-state index is 0.197. The van der Waals surface area contributed by atoms with Crippen molar-refractivity contribution in [2.45, 2.75) is 19.0 Å². The van der Waals surface area contributed by atoms with Gasteiger partial charge in [0.25, 0.3) is 0 Å². The van der Waals surface area contributed by atoms with E-state index in [1.165, 1.54) is 0 Å². The Morgan fingerprint density at radius 1 is 1.03 bits per heavy atom. The quantitative estimate of drug-likeness (QED) is 0.293. The fraction of sp³-hybridized carbons (Fsp3) is 0.154. The van der Waals surface area contributed by atoms with Crippen LogP contribution in [-0.2, 0) is 10.0 Å². The van der Waals surface area contributed by atoms with Crippen molar-refractivity contribution in [1.82, 2.24) is 14.9 Å². The van der Waals surface area contributed by atoms with Crippen LogP contribution in [0, 0.1) is 6.92 Å². The summed E-state index contributed by atoms with van der Waals surface area (Å²) in [5, 5.41) is 4.05. The summed E-state index contributed by atoms with van der Waals surface area (Å²) in [5.41, 5.74) is 5.13. The van der Waals surface area contributed by atoms with Gasteiger partial charge in [-0.2, -0.15) is 0 Å². The molecule has 1 saturated heterocycles. The fourth-order valence-electron chi connectivity index (χ4n) is 4.52. The van der Waals surface area contributed by atoms with Crippen LogP contribution in [0.1, 0.15) is 29.0 Å². The van der Waals surface area contributed by atoms with Gasteiger partial charge in [-0.15, -0.1) is 0 Å². The Bertz CT molecular complexity index is 1520. The van der Waals surface area contributed by atoms with Crippen molar-refractivity contribution in [3.05, 3.63) is 107 Å². The van der Waals surface area contributed by atoms with Crippen molar-refractivity contribution < 1.29 is 8.42 Å². The van der Waals surface area contributed by atoms with Crippen LogP contribution in [0.2, 0.25) is 0 Å². The predicted octanol–water partition coefficient (Wildman–Crippen LogP) is 5.49.